The smallest absolute Gasteiger partial charge is 0.382 e. The van der Waals surface area contributed by atoms with Gasteiger partial charge in [-0.05, 0) is 27.2 Å². The zero-order chi connectivity index (χ0) is 16.0. The molecule has 0 aliphatic carbocycles. The molecule has 0 N–H and O–H groups in total. The third-order valence-electron chi connectivity index (χ3n) is 2.31. The Morgan fingerprint density at radius 2 is 1.65 bits per heavy atom. The van der Waals surface area contributed by atoms with Crippen LogP contribution in [0.3, 0.4) is 0 Å². The quantitative estimate of drug-likeness (QED) is 0.315. The van der Waals surface area contributed by atoms with Crippen LogP contribution in [0.2, 0.25) is 0 Å². The summed E-state index contributed by atoms with van der Waals surface area (Å²) >= 11 is 0. The molecule has 1 saturated heterocycles. The Bertz CT molecular complexity index is 298. The minimum atomic E-state index is -5.50. The number of ether oxygens (including phenoxy) is 2. The second-order valence-corrected chi connectivity index (χ2v) is 4.81. The van der Waals surface area contributed by atoms with E-state index in [1.54, 1.807) is 6.92 Å². The van der Waals surface area contributed by atoms with Gasteiger partial charge in [0, 0.05) is 19.6 Å². The largest absolute Gasteiger partial charge is 0.453 e. The van der Waals surface area contributed by atoms with Crippen LogP contribution in [-0.4, -0.2) is 37.5 Å². The summed E-state index contributed by atoms with van der Waals surface area (Å²) in [5.74, 6) is -4.67. The van der Waals surface area contributed by atoms with Crippen LogP contribution >= 0.6 is 0 Å². The second-order valence-electron chi connectivity index (χ2n) is 4.81. The number of halogens is 5. The van der Waals surface area contributed by atoms with E-state index in [1.165, 1.54) is 5.57 Å². The summed E-state index contributed by atoms with van der Waals surface area (Å²) in [6.07, 6.45) is -7.97. The topological polar surface area (TPSA) is 21.8 Å². The Balaban J connectivity index is 0.000000796. The van der Waals surface area contributed by atoms with E-state index in [1.807, 2.05) is 13.8 Å². The van der Waals surface area contributed by atoms with E-state index in [0.29, 0.717) is 19.6 Å². The lowest BCUT2D eigenvalue weighted by Crippen LogP contribution is -2.37. The average molecular weight is 304 g/mol. The SMILES string of the molecule is C=C(C)C.CCOCCC1OC1CC(F)(F)C(F)(F)F. The van der Waals surface area contributed by atoms with Crippen molar-refractivity contribution >= 4 is 0 Å². The maximum absolute atomic E-state index is 12.5. The van der Waals surface area contributed by atoms with Crippen molar-refractivity contribution in [1.82, 2.24) is 0 Å². The molecule has 0 aromatic heterocycles. The summed E-state index contributed by atoms with van der Waals surface area (Å²) in [6, 6.07) is 0. The molecule has 20 heavy (non-hydrogen) atoms. The van der Waals surface area contributed by atoms with Crippen molar-refractivity contribution in [3.05, 3.63) is 12.2 Å². The number of hydrogen-bond donors (Lipinski definition) is 0. The first-order chi connectivity index (χ1) is 9.01. The first-order valence-electron chi connectivity index (χ1n) is 6.31. The zero-order valence-electron chi connectivity index (χ0n) is 11.9. The normalized spacial score (nSPS) is 22.0. The molecule has 1 heterocycles. The van der Waals surface area contributed by atoms with Crippen LogP contribution in [0.25, 0.3) is 0 Å². The molecule has 2 nitrogen and oxygen atoms in total. The summed E-state index contributed by atoms with van der Waals surface area (Å²) in [7, 11) is 0. The Morgan fingerprint density at radius 1 is 1.15 bits per heavy atom. The van der Waals surface area contributed by atoms with E-state index >= 15 is 0 Å². The summed E-state index contributed by atoms with van der Waals surface area (Å²) in [5.41, 5.74) is 1.17. The molecule has 2 unspecified atom stereocenters. The van der Waals surface area contributed by atoms with E-state index in [4.69, 9.17) is 9.47 Å². The van der Waals surface area contributed by atoms with E-state index in [0.717, 1.165) is 0 Å². The summed E-state index contributed by atoms with van der Waals surface area (Å²) in [5, 5.41) is 0. The fourth-order valence-electron chi connectivity index (χ4n) is 1.32. The zero-order valence-corrected chi connectivity index (χ0v) is 11.9. The molecule has 1 fully saturated rings. The lowest BCUT2D eigenvalue weighted by atomic mass is 10.1. The maximum atomic E-state index is 12.5. The van der Waals surface area contributed by atoms with E-state index in [9.17, 15) is 22.0 Å². The predicted molar refractivity (Wildman–Crippen MR) is 65.9 cm³/mol. The highest BCUT2D eigenvalue weighted by Crippen LogP contribution is 2.43. The van der Waals surface area contributed by atoms with Crippen molar-refractivity contribution in [2.45, 2.75) is 57.9 Å². The third-order valence-corrected chi connectivity index (χ3v) is 2.31. The molecule has 120 valence electrons. The van der Waals surface area contributed by atoms with Gasteiger partial charge < -0.3 is 9.47 Å². The fraction of sp³-hybridized carbons (Fsp3) is 0.846. The Morgan fingerprint density at radius 3 is 2.05 bits per heavy atom. The van der Waals surface area contributed by atoms with Crippen molar-refractivity contribution in [3.63, 3.8) is 0 Å². The van der Waals surface area contributed by atoms with Gasteiger partial charge in [0.25, 0.3) is 0 Å². The molecule has 0 aromatic rings. The van der Waals surface area contributed by atoms with Crippen molar-refractivity contribution in [2.24, 2.45) is 0 Å². The maximum Gasteiger partial charge on any atom is 0.453 e. The molecule has 0 radical (unpaired) electrons. The van der Waals surface area contributed by atoms with E-state index in [-0.39, 0.29) is 0 Å². The molecule has 1 aliphatic rings. The molecule has 1 rings (SSSR count). The number of epoxide rings is 1. The fourth-order valence-corrected chi connectivity index (χ4v) is 1.32. The van der Waals surface area contributed by atoms with Gasteiger partial charge in [-0.15, -0.1) is 6.58 Å². The van der Waals surface area contributed by atoms with Gasteiger partial charge in [-0.2, -0.15) is 22.0 Å². The molecular formula is C13H21F5O2. The van der Waals surface area contributed by atoms with Crippen LogP contribution in [0.5, 0.6) is 0 Å². The van der Waals surface area contributed by atoms with Crippen LogP contribution in [0.1, 0.15) is 33.6 Å². The second kappa shape index (κ2) is 7.93. The highest BCUT2D eigenvalue weighted by molar-refractivity contribution is 4.91. The minimum Gasteiger partial charge on any atom is -0.382 e. The summed E-state index contributed by atoms with van der Waals surface area (Å²) in [6.45, 7) is 10.1. The lowest BCUT2D eigenvalue weighted by Gasteiger charge is -2.18. The van der Waals surface area contributed by atoms with Gasteiger partial charge in [-0.3, -0.25) is 0 Å². The number of hydrogen-bond acceptors (Lipinski definition) is 2. The van der Waals surface area contributed by atoms with Crippen molar-refractivity contribution in [2.75, 3.05) is 13.2 Å². The summed E-state index contributed by atoms with van der Waals surface area (Å²) in [4.78, 5) is 0. The number of allylic oxidation sites excluding steroid dienone is 1. The standard InChI is InChI=1S/C9H13F5O2.C4H8/c1-2-15-4-3-6-7(16-6)5-8(10,11)9(12,13)14;1-4(2)3/h6-7H,2-5H2,1H3;1H2,2-3H3. The molecule has 0 saturated carbocycles. The molecule has 0 spiro atoms. The van der Waals surface area contributed by atoms with Crippen molar-refractivity contribution < 1.29 is 31.4 Å². The van der Waals surface area contributed by atoms with Gasteiger partial charge in [0.2, 0.25) is 0 Å². The lowest BCUT2D eigenvalue weighted by molar-refractivity contribution is -0.285. The molecular weight excluding hydrogens is 283 g/mol. The molecule has 0 amide bonds. The van der Waals surface area contributed by atoms with Gasteiger partial charge >= 0.3 is 12.1 Å². The average Bonchev–Trinajstić information content (AvgIpc) is 2.93. The Labute approximate surface area is 115 Å². The monoisotopic (exact) mass is 304 g/mol. The van der Waals surface area contributed by atoms with Gasteiger partial charge in [0.1, 0.15) is 0 Å². The van der Waals surface area contributed by atoms with Gasteiger partial charge in [0.15, 0.2) is 0 Å². The van der Waals surface area contributed by atoms with Gasteiger partial charge in [0.05, 0.1) is 12.2 Å². The molecule has 2 atom stereocenters. The first-order valence-corrected chi connectivity index (χ1v) is 6.31. The minimum absolute atomic E-state index is 0.315. The predicted octanol–water partition coefficient (Wildman–Crippen LogP) is 4.35. The van der Waals surface area contributed by atoms with Crippen LogP contribution in [0.4, 0.5) is 22.0 Å². The van der Waals surface area contributed by atoms with Gasteiger partial charge in [-0.1, -0.05) is 5.57 Å². The number of alkyl halides is 5. The van der Waals surface area contributed by atoms with Crippen molar-refractivity contribution in [3.8, 4) is 0 Å². The molecule has 7 heteroatoms. The Hall–Kier alpha value is -0.690. The molecule has 0 aromatic carbocycles. The van der Waals surface area contributed by atoms with Crippen LogP contribution < -0.4 is 0 Å². The highest BCUT2D eigenvalue weighted by atomic mass is 19.4. The molecule has 1 aliphatic heterocycles. The molecule has 0 bridgehead atoms. The van der Waals surface area contributed by atoms with Crippen LogP contribution in [0.15, 0.2) is 12.2 Å². The van der Waals surface area contributed by atoms with Crippen molar-refractivity contribution in [1.29, 1.82) is 0 Å². The van der Waals surface area contributed by atoms with E-state index < -0.39 is 30.7 Å². The third kappa shape index (κ3) is 7.79. The van der Waals surface area contributed by atoms with E-state index in [2.05, 4.69) is 6.58 Å². The van der Waals surface area contributed by atoms with Crippen LogP contribution in [0, 0.1) is 0 Å². The summed E-state index contributed by atoms with van der Waals surface area (Å²) < 4.78 is 70.2. The Kier molecular flexibility index (Phi) is 7.65. The number of rotatable bonds is 6. The van der Waals surface area contributed by atoms with Crippen LogP contribution in [-0.2, 0) is 9.47 Å². The van der Waals surface area contributed by atoms with Gasteiger partial charge in [-0.25, -0.2) is 0 Å². The highest BCUT2D eigenvalue weighted by Gasteiger charge is 2.61. The first kappa shape index (κ1) is 19.3.